The van der Waals surface area contributed by atoms with E-state index in [4.69, 9.17) is 5.11 Å². The number of unbranched alkanes of at least 4 members (excludes halogenated alkanes) is 5. The molecule has 0 radical (unpaired) electrons. The number of rotatable bonds is 12. The van der Waals surface area contributed by atoms with Gasteiger partial charge >= 0.3 is 5.97 Å². The first-order valence-corrected chi connectivity index (χ1v) is 10.4. The number of carboxylic acids is 1. The highest BCUT2D eigenvalue weighted by molar-refractivity contribution is 5.67. The zero-order valence-electron chi connectivity index (χ0n) is 17.4. The van der Waals surface area contributed by atoms with E-state index in [2.05, 4.69) is 40.7 Å². The van der Waals surface area contributed by atoms with Gasteiger partial charge < -0.3 is 10.2 Å². The second-order valence-corrected chi connectivity index (χ2v) is 8.09. The molecule has 0 spiro atoms. The summed E-state index contributed by atoms with van der Waals surface area (Å²) in [6.07, 6.45) is 9.01. The van der Waals surface area contributed by atoms with E-state index in [1.807, 2.05) is 0 Å². The Hall–Kier alpha value is -1.51. The monoisotopic (exact) mass is 362 g/mol. The van der Waals surface area contributed by atoms with Crippen LogP contribution in [0.2, 0.25) is 0 Å². The van der Waals surface area contributed by atoms with Crippen LogP contribution in [0.1, 0.15) is 114 Å². The number of phenolic OH excluding ortho intramolecular Hbond substituents is 1. The number of hydrogen-bond acceptors (Lipinski definition) is 2. The molecule has 3 nitrogen and oxygen atoms in total. The fourth-order valence-electron chi connectivity index (χ4n) is 3.72. The van der Waals surface area contributed by atoms with Gasteiger partial charge in [0.15, 0.2) is 0 Å². The molecule has 1 rings (SSSR count). The molecule has 0 atom stereocenters. The Bertz CT molecular complexity index is 573. The van der Waals surface area contributed by atoms with Crippen molar-refractivity contribution < 1.29 is 15.0 Å². The van der Waals surface area contributed by atoms with Crippen molar-refractivity contribution in [3.8, 4) is 5.75 Å². The van der Waals surface area contributed by atoms with Gasteiger partial charge in [0.2, 0.25) is 0 Å². The number of benzene rings is 1. The summed E-state index contributed by atoms with van der Waals surface area (Å²) in [5.74, 6) is 0.113. The number of aromatic hydroxyl groups is 1. The summed E-state index contributed by atoms with van der Waals surface area (Å²) >= 11 is 0. The van der Waals surface area contributed by atoms with Crippen molar-refractivity contribution in [1.82, 2.24) is 0 Å². The highest BCUT2D eigenvalue weighted by Crippen LogP contribution is 2.39. The molecular formula is C23H38O3. The summed E-state index contributed by atoms with van der Waals surface area (Å²) in [7, 11) is 0. The Labute approximate surface area is 159 Å². The molecule has 0 saturated carbocycles. The Morgan fingerprint density at radius 3 is 2.12 bits per heavy atom. The molecule has 1 aromatic rings. The molecule has 0 amide bonds. The van der Waals surface area contributed by atoms with E-state index in [-0.39, 0.29) is 18.3 Å². The smallest absolute Gasteiger partial charge is 0.303 e. The molecule has 0 heterocycles. The predicted molar refractivity (Wildman–Crippen MR) is 109 cm³/mol. The SMILES string of the molecule is CCCCCCCCc1c(CCC(=O)O)cc(C(C)C)c(O)c1C(C)C. The predicted octanol–water partition coefficient (Wildman–Crippen LogP) is 6.56. The molecule has 0 bridgehead atoms. The molecule has 0 aliphatic carbocycles. The minimum atomic E-state index is -0.763. The standard InChI is InChI=1S/C23H38O3/c1-6-7-8-9-10-11-12-19-18(13-14-21(24)25)15-20(16(2)3)23(26)22(19)17(4)5/h15-17,26H,6-14H2,1-5H3,(H,24,25). The zero-order chi connectivity index (χ0) is 19.7. The van der Waals surface area contributed by atoms with E-state index in [1.165, 1.54) is 37.7 Å². The number of aryl methyl sites for hydroxylation is 1. The maximum atomic E-state index is 11.1. The first-order chi connectivity index (χ1) is 12.3. The average molecular weight is 363 g/mol. The van der Waals surface area contributed by atoms with Crippen molar-refractivity contribution in [2.45, 2.75) is 104 Å². The molecule has 3 heteroatoms. The van der Waals surface area contributed by atoms with Crippen LogP contribution in [0.5, 0.6) is 5.75 Å². The largest absolute Gasteiger partial charge is 0.507 e. The molecular weight excluding hydrogens is 324 g/mol. The van der Waals surface area contributed by atoms with Gasteiger partial charge in [-0.25, -0.2) is 0 Å². The summed E-state index contributed by atoms with van der Waals surface area (Å²) in [5.41, 5.74) is 4.29. The summed E-state index contributed by atoms with van der Waals surface area (Å²) in [4.78, 5) is 11.1. The Morgan fingerprint density at radius 1 is 0.962 bits per heavy atom. The first kappa shape index (κ1) is 22.5. The highest BCUT2D eigenvalue weighted by atomic mass is 16.4. The van der Waals surface area contributed by atoms with Gasteiger partial charge in [-0.05, 0) is 47.8 Å². The number of carboxylic acid groups (broad SMARTS) is 1. The topological polar surface area (TPSA) is 57.5 Å². The second-order valence-electron chi connectivity index (χ2n) is 8.09. The molecule has 0 aromatic heterocycles. The van der Waals surface area contributed by atoms with E-state index in [0.29, 0.717) is 12.2 Å². The lowest BCUT2D eigenvalue weighted by atomic mass is 9.83. The molecule has 26 heavy (non-hydrogen) atoms. The van der Waals surface area contributed by atoms with Crippen LogP contribution in [-0.4, -0.2) is 16.2 Å². The van der Waals surface area contributed by atoms with E-state index in [1.54, 1.807) is 0 Å². The highest BCUT2D eigenvalue weighted by Gasteiger charge is 2.21. The molecule has 1 aromatic carbocycles. The molecule has 0 saturated heterocycles. The van der Waals surface area contributed by atoms with Crippen LogP contribution in [0, 0.1) is 0 Å². The lowest BCUT2D eigenvalue weighted by Crippen LogP contribution is -2.08. The first-order valence-electron chi connectivity index (χ1n) is 10.4. The van der Waals surface area contributed by atoms with Crippen molar-refractivity contribution in [2.24, 2.45) is 0 Å². The van der Waals surface area contributed by atoms with Crippen LogP contribution in [0.25, 0.3) is 0 Å². The van der Waals surface area contributed by atoms with E-state index < -0.39 is 5.97 Å². The van der Waals surface area contributed by atoms with Crippen LogP contribution >= 0.6 is 0 Å². The Balaban J connectivity index is 3.11. The van der Waals surface area contributed by atoms with Crippen LogP contribution < -0.4 is 0 Å². The Kier molecular flexibility index (Phi) is 9.75. The molecule has 2 N–H and O–H groups in total. The van der Waals surface area contributed by atoms with Gasteiger partial charge in [-0.2, -0.15) is 0 Å². The molecule has 0 aliphatic heterocycles. The van der Waals surface area contributed by atoms with E-state index >= 15 is 0 Å². The van der Waals surface area contributed by atoms with Gasteiger partial charge in [0.25, 0.3) is 0 Å². The fourth-order valence-corrected chi connectivity index (χ4v) is 3.72. The fraction of sp³-hybridized carbons (Fsp3) is 0.696. The van der Waals surface area contributed by atoms with Crippen molar-refractivity contribution in [1.29, 1.82) is 0 Å². The van der Waals surface area contributed by atoms with Crippen molar-refractivity contribution >= 4 is 5.97 Å². The van der Waals surface area contributed by atoms with Gasteiger partial charge in [0, 0.05) is 12.0 Å². The number of hydrogen-bond donors (Lipinski definition) is 2. The lowest BCUT2D eigenvalue weighted by molar-refractivity contribution is -0.136. The van der Waals surface area contributed by atoms with E-state index in [0.717, 1.165) is 29.5 Å². The van der Waals surface area contributed by atoms with Crippen LogP contribution in [0.3, 0.4) is 0 Å². The molecule has 148 valence electrons. The number of aliphatic carboxylic acids is 1. The maximum absolute atomic E-state index is 11.1. The van der Waals surface area contributed by atoms with Gasteiger partial charge in [0.1, 0.15) is 5.75 Å². The third-order valence-corrected chi connectivity index (χ3v) is 5.16. The number of carbonyl (C=O) groups is 1. The third kappa shape index (κ3) is 6.66. The normalized spacial score (nSPS) is 11.5. The van der Waals surface area contributed by atoms with Crippen LogP contribution in [-0.2, 0) is 17.6 Å². The third-order valence-electron chi connectivity index (χ3n) is 5.16. The van der Waals surface area contributed by atoms with Crippen molar-refractivity contribution in [2.75, 3.05) is 0 Å². The Morgan fingerprint density at radius 2 is 1.58 bits per heavy atom. The van der Waals surface area contributed by atoms with Gasteiger partial charge in [-0.1, -0.05) is 72.8 Å². The maximum Gasteiger partial charge on any atom is 0.303 e. The van der Waals surface area contributed by atoms with Crippen molar-refractivity contribution in [3.63, 3.8) is 0 Å². The van der Waals surface area contributed by atoms with Crippen molar-refractivity contribution in [3.05, 3.63) is 28.3 Å². The van der Waals surface area contributed by atoms with Gasteiger partial charge in [0.05, 0.1) is 0 Å². The summed E-state index contributed by atoms with van der Waals surface area (Å²) < 4.78 is 0. The summed E-state index contributed by atoms with van der Waals surface area (Å²) in [5, 5.41) is 20.0. The van der Waals surface area contributed by atoms with Crippen LogP contribution in [0.15, 0.2) is 6.07 Å². The quantitative estimate of drug-likeness (QED) is 0.414. The molecule has 0 aliphatic rings. The van der Waals surface area contributed by atoms with Gasteiger partial charge in [-0.15, -0.1) is 0 Å². The minimum Gasteiger partial charge on any atom is -0.507 e. The average Bonchev–Trinajstić information content (AvgIpc) is 2.56. The summed E-state index contributed by atoms with van der Waals surface area (Å²) in [6, 6.07) is 2.06. The van der Waals surface area contributed by atoms with E-state index in [9.17, 15) is 9.90 Å². The van der Waals surface area contributed by atoms with Crippen LogP contribution in [0.4, 0.5) is 0 Å². The second kappa shape index (κ2) is 11.3. The molecule has 0 fully saturated rings. The summed E-state index contributed by atoms with van der Waals surface area (Å²) in [6.45, 7) is 10.6. The van der Waals surface area contributed by atoms with Gasteiger partial charge in [-0.3, -0.25) is 4.79 Å². The minimum absolute atomic E-state index is 0.142. The zero-order valence-corrected chi connectivity index (χ0v) is 17.4. The lowest BCUT2D eigenvalue weighted by Gasteiger charge is -2.23. The molecule has 0 unspecified atom stereocenters. The number of phenols is 1.